The van der Waals surface area contributed by atoms with E-state index in [0.717, 1.165) is 0 Å². The topological polar surface area (TPSA) is 58.6 Å². The zero-order valence-electron chi connectivity index (χ0n) is 7.45. The number of ether oxygens (including phenoxy) is 1. The number of hydrazine groups is 1. The lowest BCUT2D eigenvalue weighted by Gasteiger charge is -2.26. The predicted octanol–water partition coefficient (Wildman–Crippen LogP) is -0.858. The van der Waals surface area contributed by atoms with E-state index in [4.69, 9.17) is 4.74 Å². The Hall–Kier alpha value is -1.10. The maximum atomic E-state index is 11.5. The third-order valence-corrected chi connectivity index (χ3v) is 2.47. The van der Waals surface area contributed by atoms with Crippen molar-refractivity contribution in [2.24, 2.45) is 11.8 Å². The third kappa shape index (κ3) is 1.39. The largest absolute Gasteiger partial charge is 0.383 e. The molecule has 2 unspecified atom stereocenters. The van der Waals surface area contributed by atoms with Crippen LogP contribution in [0.2, 0.25) is 0 Å². The maximum absolute atomic E-state index is 11.5. The summed E-state index contributed by atoms with van der Waals surface area (Å²) in [4.78, 5) is 22.7. The number of nitrogens with one attached hydrogen (secondary N) is 1. The minimum absolute atomic E-state index is 0.0271. The highest BCUT2D eigenvalue weighted by molar-refractivity contribution is 5.97. The van der Waals surface area contributed by atoms with Gasteiger partial charge in [-0.1, -0.05) is 0 Å². The Morgan fingerprint density at radius 3 is 3.00 bits per heavy atom. The van der Waals surface area contributed by atoms with E-state index in [-0.39, 0.29) is 23.7 Å². The molecule has 0 bridgehead atoms. The molecule has 0 aromatic rings. The Labute approximate surface area is 76.0 Å². The molecule has 2 fully saturated rings. The molecule has 2 aliphatic rings. The fourth-order valence-corrected chi connectivity index (χ4v) is 1.58. The highest BCUT2D eigenvalue weighted by Crippen LogP contribution is 2.42. The number of carbonyl (C=O) groups is 2. The van der Waals surface area contributed by atoms with E-state index in [1.54, 1.807) is 7.11 Å². The molecule has 1 aliphatic carbocycles. The van der Waals surface area contributed by atoms with Gasteiger partial charge in [-0.15, -0.1) is 0 Å². The molecule has 2 rings (SSSR count). The van der Waals surface area contributed by atoms with E-state index in [0.29, 0.717) is 19.6 Å². The zero-order chi connectivity index (χ0) is 9.42. The lowest BCUT2D eigenvalue weighted by atomic mass is 10.2. The summed E-state index contributed by atoms with van der Waals surface area (Å²) in [5, 5.41) is 1.36. The van der Waals surface area contributed by atoms with Crippen LogP contribution in [0.15, 0.2) is 0 Å². The molecular formula is C8H12N2O3. The van der Waals surface area contributed by atoms with Crippen LogP contribution in [0.25, 0.3) is 0 Å². The Morgan fingerprint density at radius 2 is 2.31 bits per heavy atom. The summed E-state index contributed by atoms with van der Waals surface area (Å²) in [6, 6.07) is 0. The smallest absolute Gasteiger partial charge is 0.244 e. The molecule has 1 aliphatic heterocycles. The molecule has 1 N–H and O–H groups in total. The standard InChI is InChI=1S/C8H12N2O3/c1-13-3-2-10-8(12)6-4-5(6)7(11)9-10/h5-6H,2-4H2,1H3,(H,9,11). The van der Waals surface area contributed by atoms with Crippen LogP contribution in [0, 0.1) is 11.8 Å². The van der Waals surface area contributed by atoms with Crippen LogP contribution in [0.3, 0.4) is 0 Å². The van der Waals surface area contributed by atoms with E-state index in [1.165, 1.54) is 5.01 Å². The van der Waals surface area contributed by atoms with Gasteiger partial charge in [-0.05, 0) is 6.42 Å². The highest BCUT2D eigenvalue weighted by Gasteiger charge is 2.53. The number of hydrogen-bond donors (Lipinski definition) is 1. The monoisotopic (exact) mass is 184 g/mol. The Balaban J connectivity index is 1.95. The van der Waals surface area contributed by atoms with Gasteiger partial charge in [0.1, 0.15) is 0 Å². The normalized spacial score (nSPS) is 31.3. The number of rotatable bonds is 3. The fraction of sp³-hybridized carbons (Fsp3) is 0.750. The molecule has 5 nitrogen and oxygen atoms in total. The van der Waals surface area contributed by atoms with Crippen molar-refractivity contribution in [1.82, 2.24) is 10.4 Å². The van der Waals surface area contributed by atoms with Crippen LogP contribution in [0.1, 0.15) is 6.42 Å². The van der Waals surface area contributed by atoms with Gasteiger partial charge in [-0.2, -0.15) is 0 Å². The molecule has 1 saturated heterocycles. The van der Waals surface area contributed by atoms with Crippen molar-refractivity contribution in [3.05, 3.63) is 0 Å². The number of nitrogens with zero attached hydrogens (tertiary/aromatic N) is 1. The predicted molar refractivity (Wildman–Crippen MR) is 43.3 cm³/mol. The van der Waals surface area contributed by atoms with Crippen LogP contribution >= 0.6 is 0 Å². The van der Waals surface area contributed by atoms with Crippen molar-refractivity contribution < 1.29 is 14.3 Å². The van der Waals surface area contributed by atoms with Gasteiger partial charge in [-0.3, -0.25) is 20.0 Å². The van der Waals surface area contributed by atoms with E-state index < -0.39 is 0 Å². The summed E-state index contributed by atoms with van der Waals surface area (Å²) in [5.41, 5.74) is 2.56. The quantitative estimate of drug-likeness (QED) is 0.621. The molecule has 13 heavy (non-hydrogen) atoms. The van der Waals surface area contributed by atoms with Crippen molar-refractivity contribution in [2.45, 2.75) is 6.42 Å². The van der Waals surface area contributed by atoms with Crippen molar-refractivity contribution in [1.29, 1.82) is 0 Å². The summed E-state index contributed by atoms with van der Waals surface area (Å²) < 4.78 is 4.83. The van der Waals surface area contributed by atoms with Gasteiger partial charge in [0.25, 0.3) is 0 Å². The van der Waals surface area contributed by atoms with Crippen molar-refractivity contribution in [3.8, 4) is 0 Å². The number of methoxy groups -OCH3 is 1. The summed E-state index contributed by atoms with van der Waals surface area (Å²) in [6.45, 7) is 0.883. The summed E-state index contributed by atoms with van der Waals surface area (Å²) in [5.74, 6) is -0.0979. The minimum Gasteiger partial charge on any atom is -0.383 e. The molecule has 2 amide bonds. The van der Waals surface area contributed by atoms with Gasteiger partial charge in [0.05, 0.1) is 25.0 Å². The minimum atomic E-state index is -0.0504. The lowest BCUT2D eigenvalue weighted by molar-refractivity contribution is -0.148. The second-order valence-electron chi connectivity index (χ2n) is 3.41. The molecule has 0 spiro atoms. The second kappa shape index (κ2) is 2.99. The maximum Gasteiger partial charge on any atom is 0.244 e. The van der Waals surface area contributed by atoms with Gasteiger partial charge >= 0.3 is 0 Å². The zero-order valence-corrected chi connectivity index (χ0v) is 7.45. The Kier molecular flexibility index (Phi) is 1.95. The summed E-state index contributed by atoms with van der Waals surface area (Å²) >= 11 is 0. The highest BCUT2D eigenvalue weighted by atomic mass is 16.5. The third-order valence-electron chi connectivity index (χ3n) is 2.47. The molecule has 2 atom stereocenters. The average molecular weight is 184 g/mol. The first-order valence-electron chi connectivity index (χ1n) is 4.35. The molecule has 0 aromatic heterocycles. The van der Waals surface area contributed by atoms with Crippen LogP contribution < -0.4 is 5.43 Å². The van der Waals surface area contributed by atoms with E-state index in [2.05, 4.69) is 5.43 Å². The number of hydrogen-bond acceptors (Lipinski definition) is 3. The first-order chi connectivity index (χ1) is 6.24. The number of amides is 2. The van der Waals surface area contributed by atoms with Gasteiger partial charge in [0, 0.05) is 7.11 Å². The van der Waals surface area contributed by atoms with Gasteiger partial charge in [0.15, 0.2) is 0 Å². The molecule has 0 aromatic carbocycles. The van der Waals surface area contributed by atoms with Gasteiger partial charge in [-0.25, -0.2) is 0 Å². The first kappa shape index (κ1) is 8.50. The number of fused-ring (bicyclic) bond motifs is 1. The molecule has 0 radical (unpaired) electrons. The van der Waals surface area contributed by atoms with Gasteiger partial charge in [0.2, 0.25) is 11.8 Å². The first-order valence-corrected chi connectivity index (χ1v) is 4.35. The van der Waals surface area contributed by atoms with Crippen molar-refractivity contribution in [3.63, 3.8) is 0 Å². The van der Waals surface area contributed by atoms with Crippen LogP contribution in [0.4, 0.5) is 0 Å². The molecule has 5 heteroatoms. The Morgan fingerprint density at radius 1 is 1.54 bits per heavy atom. The van der Waals surface area contributed by atoms with E-state index in [9.17, 15) is 9.59 Å². The summed E-state index contributed by atoms with van der Waals surface area (Å²) in [7, 11) is 1.57. The van der Waals surface area contributed by atoms with Crippen molar-refractivity contribution in [2.75, 3.05) is 20.3 Å². The van der Waals surface area contributed by atoms with E-state index in [1.807, 2.05) is 0 Å². The Bertz CT molecular complexity index is 254. The SMILES string of the molecule is COCCN1NC(=O)C2CC2C1=O. The lowest BCUT2D eigenvalue weighted by Crippen LogP contribution is -2.52. The number of carbonyl (C=O) groups excluding carboxylic acids is 2. The average Bonchev–Trinajstić information content (AvgIpc) is 2.88. The van der Waals surface area contributed by atoms with E-state index >= 15 is 0 Å². The second-order valence-corrected chi connectivity index (χ2v) is 3.41. The molecule has 72 valence electrons. The van der Waals surface area contributed by atoms with Crippen LogP contribution in [-0.4, -0.2) is 37.1 Å². The van der Waals surface area contributed by atoms with Crippen LogP contribution in [0.5, 0.6) is 0 Å². The fourth-order valence-electron chi connectivity index (χ4n) is 1.58. The molecular weight excluding hydrogens is 172 g/mol. The summed E-state index contributed by atoms with van der Waals surface area (Å²) in [6.07, 6.45) is 0.716. The molecule has 1 saturated carbocycles. The van der Waals surface area contributed by atoms with Gasteiger partial charge < -0.3 is 4.74 Å². The van der Waals surface area contributed by atoms with Crippen LogP contribution in [-0.2, 0) is 14.3 Å². The van der Waals surface area contributed by atoms with Crippen molar-refractivity contribution >= 4 is 11.8 Å². The molecule has 1 heterocycles.